The lowest BCUT2D eigenvalue weighted by Crippen LogP contribution is -2.12. The molecule has 25 heavy (non-hydrogen) atoms. The van der Waals surface area contributed by atoms with Gasteiger partial charge in [-0.2, -0.15) is 0 Å². The van der Waals surface area contributed by atoms with E-state index in [1.54, 1.807) is 48.5 Å². The molecule has 0 saturated carbocycles. The Kier molecular flexibility index (Phi) is 6.98. The van der Waals surface area contributed by atoms with E-state index in [-0.39, 0.29) is 5.91 Å². The van der Waals surface area contributed by atoms with Crippen molar-refractivity contribution < 1.29 is 23.8 Å². The predicted octanol–water partition coefficient (Wildman–Crippen LogP) is 3.14. The molecule has 0 atom stereocenters. The summed E-state index contributed by atoms with van der Waals surface area (Å²) in [4.78, 5) is 23.6. The van der Waals surface area contributed by atoms with Gasteiger partial charge in [0.1, 0.15) is 12.4 Å². The van der Waals surface area contributed by atoms with Crippen molar-refractivity contribution >= 4 is 17.6 Å². The molecule has 0 radical (unpaired) electrons. The number of anilines is 1. The molecule has 0 unspecified atom stereocenters. The molecule has 0 aliphatic heterocycles. The van der Waals surface area contributed by atoms with Gasteiger partial charge in [-0.3, -0.25) is 4.79 Å². The van der Waals surface area contributed by atoms with Gasteiger partial charge in [-0.05, 0) is 55.5 Å². The van der Waals surface area contributed by atoms with Crippen LogP contribution in [0, 0.1) is 0 Å². The first-order valence-corrected chi connectivity index (χ1v) is 7.94. The van der Waals surface area contributed by atoms with E-state index >= 15 is 0 Å². The van der Waals surface area contributed by atoms with Crippen molar-refractivity contribution in [2.45, 2.75) is 6.92 Å². The van der Waals surface area contributed by atoms with Crippen LogP contribution < -0.4 is 10.1 Å². The Balaban J connectivity index is 1.90. The van der Waals surface area contributed by atoms with Crippen LogP contribution in [-0.4, -0.2) is 38.8 Å². The smallest absolute Gasteiger partial charge is 0.337 e. The third-order valence-electron chi connectivity index (χ3n) is 3.38. The maximum absolute atomic E-state index is 12.2. The van der Waals surface area contributed by atoms with E-state index < -0.39 is 5.97 Å². The van der Waals surface area contributed by atoms with Crippen LogP contribution in [0.5, 0.6) is 5.75 Å². The van der Waals surface area contributed by atoms with E-state index in [1.807, 2.05) is 6.92 Å². The minimum atomic E-state index is -0.438. The summed E-state index contributed by atoms with van der Waals surface area (Å²) in [5.74, 6) is 0.00782. The van der Waals surface area contributed by atoms with Crippen molar-refractivity contribution in [3.63, 3.8) is 0 Å². The molecule has 0 heterocycles. The predicted molar refractivity (Wildman–Crippen MR) is 94.2 cm³/mol. The van der Waals surface area contributed by atoms with E-state index in [0.717, 1.165) is 0 Å². The molecule has 1 N–H and O–H groups in total. The zero-order valence-electron chi connectivity index (χ0n) is 14.3. The van der Waals surface area contributed by atoms with Crippen LogP contribution in [0.2, 0.25) is 0 Å². The van der Waals surface area contributed by atoms with Crippen LogP contribution in [0.25, 0.3) is 0 Å². The van der Waals surface area contributed by atoms with Crippen LogP contribution >= 0.6 is 0 Å². The highest BCUT2D eigenvalue weighted by Gasteiger charge is 2.09. The lowest BCUT2D eigenvalue weighted by Gasteiger charge is -2.09. The number of methoxy groups -OCH3 is 1. The van der Waals surface area contributed by atoms with Crippen molar-refractivity contribution in [2.24, 2.45) is 0 Å². The zero-order valence-corrected chi connectivity index (χ0v) is 14.3. The van der Waals surface area contributed by atoms with Crippen LogP contribution in [0.4, 0.5) is 5.69 Å². The van der Waals surface area contributed by atoms with E-state index in [0.29, 0.717) is 42.4 Å². The Bertz CT molecular complexity index is 695. The van der Waals surface area contributed by atoms with Crippen molar-refractivity contribution in [3.8, 4) is 5.75 Å². The normalized spacial score (nSPS) is 10.2. The van der Waals surface area contributed by atoms with Gasteiger partial charge in [-0.1, -0.05) is 0 Å². The molecule has 0 bridgehead atoms. The summed E-state index contributed by atoms with van der Waals surface area (Å²) < 4.78 is 15.3. The van der Waals surface area contributed by atoms with Crippen molar-refractivity contribution in [1.29, 1.82) is 0 Å². The van der Waals surface area contributed by atoms with Crippen LogP contribution in [0.1, 0.15) is 27.6 Å². The summed E-state index contributed by atoms with van der Waals surface area (Å²) in [5, 5.41) is 2.79. The summed E-state index contributed by atoms with van der Waals surface area (Å²) in [6, 6.07) is 13.3. The lowest BCUT2D eigenvalue weighted by molar-refractivity contribution is 0.0600. The highest BCUT2D eigenvalue weighted by Crippen LogP contribution is 2.17. The minimum Gasteiger partial charge on any atom is -0.491 e. The van der Waals surface area contributed by atoms with Crippen molar-refractivity contribution in [3.05, 3.63) is 59.7 Å². The molecule has 0 aromatic heterocycles. The molecule has 132 valence electrons. The molecule has 0 spiro atoms. The fraction of sp³-hybridized carbons (Fsp3) is 0.263. The first-order valence-electron chi connectivity index (χ1n) is 7.94. The summed E-state index contributed by atoms with van der Waals surface area (Å²) in [6.07, 6.45) is 0. The Morgan fingerprint density at radius 3 is 2.16 bits per heavy atom. The Labute approximate surface area is 146 Å². The number of benzene rings is 2. The molecule has 6 nitrogen and oxygen atoms in total. The van der Waals surface area contributed by atoms with E-state index in [4.69, 9.17) is 9.47 Å². The minimum absolute atomic E-state index is 0.263. The van der Waals surface area contributed by atoms with E-state index in [1.165, 1.54) is 7.11 Å². The first kappa shape index (κ1) is 18.5. The Morgan fingerprint density at radius 2 is 1.56 bits per heavy atom. The molecule has 6 heteroatoms. The van der Waals surface area contributed by atoms with Gasteiger partial charge in [-0.25, -0.2) is 4.79 Å². The quantitative estimate of drug-likeness (QED) is 0.589. The first-order chi connectivity index (χ1) is 12.1. The van der Waals surface area contributed by atoms with E-state index in [9.17, 15) is 9.59 Å². The fourth-order valence-electron chi connectivity index (χ4n) is 2.08. The van der Waals surface area contributed by atoms with E-state index in [2.05, 4.69) is 10.1 Å². The number of ether oxygens (including phenoxy) is 3. The number of carbonyl (C=O) groups excluding carboxylic acids is 2. The molecule has 0 saturated heterocycles. The number of amides is 1. The van der Waals surface area contributed by atoms with Crippen LogP contribution in [0.15, 0.2) is 48.5 Å². The van der Waals surface area contributed by atoms with Gasteiger partial charge in [-0.15, -0.1) is 0 Å². The topological polar surface area (TPSA) is 73.9 Å². The average Bonchev–Trinajstić information content (AvgIpc) is 2.66. The van der Waals surface area contributed by atoms with Gasteiger partial charge in [0.2, 0.25) is 0 Å². The van der Waals surface area contributed by atoms with Crippen molar-refractivity contribution in [2.75, 3.05) is 32.2 Å². The van der Waals surface area contributed by atoms with Gasteiger partial charge in [0.15, 0.2) is 0 Å². The standard InChI is InChI=1S/C19H21NO5/c1-3-24-12-13-25-17-10-8-16(9-11-17)20-18(21)14-4-6-15(7-5-14)19(22)23-2/h4-11H,3,12-13H2,1-2H3,(H,20,21). The molecule has 2 rings (SSSR count). The molecule has 2 aromatic rings. The average molecular weight is 343 g/mol. The maximum atomic E-state index is 12.2. The van der Waals surface area contributed by atoms with Gasteiger partial charge in [0, 0.05) is 17.9 Å². The Morgan fingerprint density at radius 1 is 0.920 bits per heavy atom. The Hall–Kier alpha value is -2.86. The molecular weight excluding hydrogens is 322 g/mol. The summed E-state index contributed by atoms with van der Waals surface area (Å²) >= 11 is 0. The van der Waals surface area contributed by atoms with Gasteiger partial charge in [0.05, 0.1) is 19.3 Å². The number of carbonyl (C=O) groups is 2. The summed E-state index contributed by atoms with van der Waals surface area (Å²) in [5.41, 5.74) is 1.50. The third kappa shape index (κ3) is 5.61. The lowest BCUT2D eigenvalue weighted by atomic mass is 10.1. The number of esters is 1. The monoisotopic (exact) mass is 343 g/mol. The van der Waals surface area contributed by atoms with Gasteiger partial charge < -0.3 is 19.5 Å². The molecule has 0 fully saturated rings. The second-order valence-electron chi connectivity index (χ2n) is 5.09. The van der Waals surface area contributed by atoms with Gasteiger partial charge in [0.25, 0.3) is 5.91 Å². The highest BCUT2D eigenvalue weighted by molar-refractivity contribution is 6.04. The molecular formula is C19H21NO5. The zero-order chi connectivity index (χ0) is 18.1. The number of nitrogens with one attached hydrogen (secondary N) is 1. The summed E-state index contributed by atoms with van der Waals surface area (Å²) in [6.45, 7) is 3.61. The number of hydrogen-bond acceptors (Lipinski definition) is 5. The number of rotatable bonds is 8. The number of hydrogen-bond donors (Lipinski definition) is 1. The second-order valence-corrected chi connectivity index (χ2v) is 5.09. The summed E-state index contributed by atoms with van der Waals surface area (Å²) in [7, 11) is 1.31. The highest BCUT2D eigenvalue weighted by atomic mass is 16.5. The largest absolute Gasteiger partial charge is 0.491 e. The third-order valence-corrected chi connectivity index (χ3v) is 3.38. The molecule has 0 aliphatic carbocycles. The van der Waals surface area contributed by atoms with Gasteiger partial charge >= 0.3 is 5.97 Å². The van der Waals surface area contributed by atoms with Crippen LogP contribution in [0.3, 0.4) is 0 Å². The maximum Gasteiger partial charge on any atom is 0.337 e. The van der Waals surface area contributed by atoms with Crippen LogP contribution in [-0.2, 0) is 9.47 Å². The fourth-order valence-corrected chi connectivity index (χ4v) is 2.08. The SMILES string of the molecule is CCOCCOc1ccc(NC(=O)c2ccc(C(=O)OC)cc2)cc1. The molecule has 2 aromatic carbocycles. The second kappa shape index (κ2) is 9.44. The van der Waals surface area contributed by atoms with Crippen molar-refractivity contribution in [1.82, 2.24) is 0 Å². The molecule has 1 amide bonds. The molecule has 0 aliphatic rings.